The van der Waals surface area contributed by atoms with Crippen molar-refractivity contribution in [3.8, 4) is 0 Å². The van der Waals surface area contributed by atoms with Crippen molar-refractivity contribution in [3.05, 3.63) is 35.9 Å². The Morgan fingerprint density at radius 1 is 1.43 bits per heavy atom. The van der Waals surface area contributed by atoms with Crippen LogP contribution in [0.25, 0.3) is 0 Å². The molecule has 0 saturated heterocycles. The van der Waals surface area contributed by atoms with Gasteiger partial charge in [0.1, 0.15) is 6.04 Å². The molecule has 1 unspecified atom stereocenters. The fraction of sp³-hybridized carbons (Fsp3) is 0.500. The van der Waals surface area contributed by atoms with E-state index < -0.39 is 0 Å². The van der Waals surface area contributed by atoms with Crippen LogP contribution in [0.5, 0.6) is 0 Å². The molecule has 114 valence electrons. The van der Waals surface area contributed by atoms with Crippen molar-refractivity contribution < 1.29 is 9.90 Å². The Morgan fingerprint density at radius 2 is 2.14 bits per heavy atom. The van der Waals surface area contributed by atoms with E-state index in [4.69, 9.17) is 5.11 Å². The van der Waals surface area contributed by atoms with Crippen molar-refractivity contribution in [2.45, 2.75) is 32.4 Å². The summed E-state index contributed by atoms with van der Waals surface area (Å²) in [5.41, 5.74) is 1.07. The van der Waals surface area contributed by atoms with Gasteiger partial charge in [0.15, 0.2) is 0 Å². The summed E-state index contributed by atoms with van der Waals surface area (Å²) in [5.74, 6) is 0.766. The summed E-state index contributed by atoms with van der Waals surface area (Å²) in [5, 5.41) is 9.91. The molecule has 5 heteroatoms. The Hall–Kier alpha value is -1.33. The molecule has 1 aromatic carbocycles. The minimum atomic E-state index is -0.300. The van der Waals surface area contributed by atoms with Gasteiger partial charge in [-0.1, -0.05) is 30.3 Å². The normalized spacial score (nSPS) is 17.9. The van der Waals surface area contributed by atoms with E-state index in [-0.39, 0.29) is 24.6 Å². The number of amides is 1. The quantitative estimate of drug-likeness (QED) is 0.876. The standard InChI is InChI=1S/C16H22N2O2S/c1-12(2)18(9-6-10-19)16(20)14-11-21-15(17-14)13-7-4-3-5-8-13/h3-5,7-8,12,14,19H,6,9-11H2,1-2H3. The van der Waals surface area contributed by atoms with Gasteiger partial charge in [-0.05, 0) is 20.3 Å². The molecule has 0 saturated carbocycles. The smallest absolute Gasteiger partial charge is 0.248 e. The Bertz CT molecular complexity index is 502. The zero-order chi connectivity index (χ0) is 15.2. The lowest BCUT2D eigenvalue weighted by atomic mass is 10.2. The monoisotopic (exact) mass is 306 g/mol. The van der Waals surface area contributed by atoms with Crippen LogP contribution in [-0.2, 0) is 4.79 Å². The number of aliphatic imine (C=N–C) groups is 1. The molecule has 1 heterocycles. The maximum atomic E-state index is 12.6. The van der Waals surface area contributed by atoms with E-state index in [0.717, 1.165) is 10.6 Å². The predicted octanol–water partition coefficient (Wildman–Crippen LogP) is 2.17. The number of hydrogen-bond acceptors (Lipinski definition) is 4. The van der Waals surface area contributed by atoms with Crippen LogP contribution < -0.4 is 0 Å². The van der Waals surface area contributed by atoms with Crippen LogP contribution >= 0.6 is 11.8 Å². The lowest BCUT2D eigenvalue weighted by molar-refractivity contribution is -0.133. The summed E-state index contributed by atoms with van der Waals surface area (Å²) in [4.78, 5) is 19.0. The SMILES string of the molecule is CC(C)N(CCCO)C(=O)C1CSC(c2ccccc2)=N1. The summed E-state index contributed by atoms with van der Waals surface area (Å²) in [6, 6.07) is 9.80. The number of thioether (sulfide) groups is 1. The highest BCUT2D eigenvalue weighted by Gasteiger charge is 2.30. The first-order valence-electron chi connectivity index (χ1n) is 7.31. The minimum Gasteiger partial charge on any atom is -0.396 e. The zero-order valence-electron chi connectivity index (χ0n) is 12.5. The molecule has 1 aliphatic heterocycles. The van der Waals surface area contributed by atoms with E-state index in [9.17, 15) is 4.79 Å². The third-order valence-corrected chi connectivity index (χ3v) is 4.52. The van der Waals surface area contributed by atoms with Gasteiger partial charge in [0.25, 0.3) is 0 Å². The molecular formula is C16H22N2O2S. The van der Waals surface area contributed by atoms with E-state index in [0.29, 0.717) is 18.7 Å². The fourth-order valence-corrected chi connectivity index (χ4v) is 3.33. The molecule has 4 nitrogen and oxygen atoms in total. The van der Waals surface area contributed by atoms with Crippen LogP contribution in [0.2, 0.25) is 0 Å². The molecule has 1 amide bonds. The molecule has 1 atom stereocenters. The van der Waals surface area contributed by atoms with Gasteiger partial charge < -0.3 is 10.0 Å². The second-order valence-electron chi connectivity index (χ2n) is 5.33. The van der Waals surface area contributed by atoms with Crippen LogP contribution in [0, 0.1) is 0 Å². The van der Waals surface area contributed by atoms with Crippen molar-refractivity contribution in [2.75, 3.05) is 18.9 Å². The third kappa shape index (κ3) is 4.08. The van der Waals surface area contributed by atoms with E-state index in [1.54, 1.807) is 11.8 Å². The van der Waals surface area contributed by atoms with Crippen molar-refractivity contribution in [3.63, 3.8) is 0 Å². The molecule has 0 fully saturated rings. The molecule has 0 bridgehead atoms. The molecule has 0 aliphatic carbocycles. The number of nitrogens with zero attached hydrogens (tertiary/aromatic N) is 2. The predicted molar refractivity (Wildman–Crippen MR) is 87.8 cm³/mol. The van der Waals surface area contributed by atoms with Gasteiger partial charge in [-0.2, -0.15) is 0 Å². The molecule has 1 aromatic rings. The Balaban J connectivity index is 2.08. The highest BCUT2D eigenvalue weighted by Crippen LogP contribution is 2.25. The maximum Gasteiger partial charge on any atom is 0.248 e. The Morgan fingerprint density at radius 3 is 2.76 bits per heavy atom. The summed E-state index contributed by atoms with van der Waals surface area (Å²) < 4.78 is 0. The van der Waals surface area contributed by atoms with Crippen LogP contribution in [0.4, 0.5) is 0 Å². The first-order chi connectivity index (χ1) is 10.1. The van der Waals surface area contributed by atoms with E-state index >= 15 is 0 Å². The first-order valence-corrected chi connectivity index (χ1v) is 8.29. The number of rotatable bonds is 6. The number of carbonyl (C=O) groups excluding carboxylic acids is 1. The van der Waals surface area contributed by atoms with Crippen LogP contribution in [0.3, 0.4) is 0 Å². The maximum absolute atomic E-state index is 12.6. The molecule has 0 aromatic heterocycles. The second-order valence-corrected chi connectivity index (χ2v) is 6.34. The zero-order valence-corrected chi connectivity index (χ0v) is 13.3. The number of hydrogen-bond donors (Lipinski definition) is 1. The molecule has 2 rings (SSSR count). The van der Waals surface area contributed by atoms with Crippen LogP contribution in [-0.4, -0.2) is 51.9 Å². The van der Waals surface area contributed by atoms with Crippen LogP contribution in [0.1, 0.15) is 25.8 Å². The third-order valence-electron chi connectivity index (χ3n) is 3.42. The molecule has 0 spiro atoms. The van der Waals surface area contributed by atoms with E-state index in [2.05, 4.69) is 4.99 Å². The number of aliphatic hydroxyl groups excluding tert-OH is 1. The fourth-order valence-electron chi connectivity index (χ4n) is 2.29. The Kier molecular flexibility index (Phi) is 5.82. The van der Waals surface area contributed by atoms with Crippen molar-refractivity contribution >= 4 is 22.7 Å². The second kappa shape index (κ2) is 7.61. The van der Waals surface area contributed by atoms with E-state index in [1.165, 1.54) is 0 Å². The number of carbonyl (C=O) groups is 1. The van der Waals surface area contributed by atoms with Crippen molar-refractivity contribution in [1.29, 1.82) is 0 Å². The Labute approximate surface area is 130 Å². The molecule has 1 N–H and O–H groups in total. The van der Waals surface area contributed by atoms with Crippen molar-refractivity contribution in [1.82, 2.24) is 4.90 Å². The van der Waals surface area contributed by atoms with Gasteiger partial charge in [0.05, 0.1) is 5.04 Å². The number of aliphatic hydroxyl groups is 1. The summed E-state index contributed by atoms with van der Waals surface area (Å²) in [7, 11) is 0. The first kappa shape index (κ1) is 16.0. The van der Waals surface area contributed by atoms with Gasteiger partial charge >= 0.3 is 0 Å². The lowest BCUT2D eigenvalue weighted by Crippen LogP contribution is -2.43. The molecule has 0 radical (unpaired) electrons. The van der Waals surface area contributed by atoms with Gasteiger partial charge in [0, 0.05) is 30.5 Å². The lowest BCUT2D eigenvalue weighted by Gasteiger charge is -2.28. The van der Waals surface area contributed by atoms with Gasteiger partial charge in [-0.15, -0.1) is 11.8 Å². The highest BCUT2D eigenvalue weighted by molar-refractivity contribution is 8.14. The van der Waals surface area contributed by atoms with Gasteiger partial charge in [-0.3, -0.25) is 9.79 Å². The van der Waals surface area contributed by atoms with E-state index in [1.807, 2.05) is 49.1 Å². The average Bonchev–Trinajstić information content (AvgIpc) is 2.98. The molecule has 1 aliphatic rings. The highest BCUT2D eigenvalue weighted by atomic mass is 32.2. The summed E-state index contributed by atoms with van der Waals surface area (Å²) in [6.07, 6.45) is 0.610. The molecular weight excluding hydrogens is 284 g/mol. The minimum absolute atomic E-state index is 0.0666. The van der Waals surface area contributed by atoms with Gasteiger partial charge in [0.2, 0.25) is 5.91 Å². The largest absolute Gasteiger partial charge is 0.396 e. The topological polar surface area (TPSA) is 52.9 Å². The summed E-state index contributed by atoms with van der Waals surface area (Å²) in [6.45, 7) is 4.69. The average molecular weight is 306 g/mol. The van der Waals surface area contributed by atoms with Crippen molar-refractivity contribution in [2.24, 2.45) is 4.99 Å². The number of benzene rings is 1. The van der Waals surface area contributed by atoms with Gasteiger partial charge in [-0.25, -0.2) is 0 Å². The molecule has 21 heavy (non-hydrogen) atoms. The summed E-state index contributed by atoms with van der Waals surface area (Å²) >= 11 is 1.64. The van der Waals surface area contributed by atoms with Crippen LogP contribution in [0.15, 0.2) is 35.3 Å².